The second kappa shape index (κ2) is 7.60. The summed E-state index contributed by atoms with van der Waals surface area (Å²) in [5, 5.41) is 2.31. The SMILES string of the molecule is NC1CCCN(Cc2ccc3c(c2)C(=O)N(C2CCC(=O)NC2=O)C3)CC1F. The van der Waals surface area contributed by atoms with Crippen molar-refractivity contribution in [3.63, 3.8) is 0 Å². The zero-order valence-corrected chi connectivity index (χ0v) is 15.7. The summed E-state index contributed by atoms with van der Waals surface area (Å²) in [5.74, 6) is -0.892. The highest BCUT2D eigenvalue weighted by Gasteiger charge is 2.39. The Morgan fingerprint density at radius 3 is 2.82 bits per heavy atom. The minimum absolute atomic E-state index is 0.187. The molecule has 0 saturated carbocycles. The zero-order chi connectivity index (χ0) is 19.8. The summed E-state index contributed by atoms with van der Waals surface area (Å²) >= 11 is 0. The van der Waals surface area contributed by atoms with Crippen LogP contribution in [0.1, 0.15) is 47.2 Å². The number of piperidine rings is 1. The number of likely N-dealkylation sites (tertiary alicyclic amines) is 1. The Morgan fingerprint density at radius 1 is 1.21 bits per heavy atom. The molecule has 3 N–H and O–H groups in total. The number of rotatable bonds is 3. The van der Waals surface area contributed by atoms with Crippen LogP contribution >= 0.6 is 0 Å². The highest BCUT2D eigenvalue weighted by molar-refractivity contribution is 6.05. The molecule has 3 aliphatic heterocycles. The molecule has 28 heavy (non-hydrogen) atoms. The molecule has 0 spiro atoms. The van der Waals surface area contributed by atoms with Gasteiger partial charge in [0.25, 0.3) is 5.91 Å². The molecule has 150 valence electrons. The van der Waals surface area contributed by atoms with Crippen LogP contribution in [0.4, 0.5) is 4.39 Å². The molecule has 0 radical (unpaired) electrons. The van der Waals surface area contributed by atoms with Crippen molar-refractivity contribution in [3.8, 4) is 0 Å². The monoisotopic (exact) mass is 388 g/mol. The van der Waals surface area contributed by atoms with Gasteiger partial charge in [-0.15, -0.1) is 0 Å². The molecule has 8 heteroatoms. The molecule has 3 heterocycles. The average molecular weight is 388 g/mol. The fourth-order valence-corrected chi connectivity index (χ4v) is 4.31. The number of imide groups is 1. The predicted octanol–water partition coefficient (Wildman–Crippen LogP) is 0.709. The van der Waals surface area contributed by atoms with Gasteiger partial charge in [-0.05, 0) is 43.0 Å². The molecule has 0 aliphatic carbocycles. The predicted molar refractivity (Wildman–Crippen MR) is 99.9 cm³/mol. The molecule has 2 fully saturated rings. The zero-order valence-electron chi connectivity index (χ0n) is 15.7. The number of benzene rings is 1. The van der Waals surface area contributed by atoms with Gasteiger partial charge in [0.05, 0.1) is 0 Å². The quantitative estimate of drug-likeness (QED) is 0.744. The van der Waals surface area contributed by atoms with Crippen LogP contribution in [0, 0.1) is 0 Å². The van der Waals surface area contributed by atoms with Gasteiger partial charge in [-0.1, -0.05) is 12.1 Å². The smallest absolute Gasteiger partial charge is 0.255 e. The molecule has 3 amide bonds. The van der Waals surface area contributed by atoms with Gasteiger partial charge in [-0.3, -0.25) is 24.6 Å². The van der Waals surface area contributed by atoms with Crippen LogP contribution in [0.25, 0.3) is 0 Å². The van der Waals surface area contributed by atoms with Crippen molar-refractivity contribution >= 4 is 17.7 Å². The van der Waals surface area contributed by atoms with Gasteiger partial charge >= 0.3 is 0 Å². The number of nitrogens with zero attached hydrogens (tertiary/aromatic N) is 2. The van der Waals surface area contributed by atoms with Crippen LogP contribution in [0.15, 0.2) is 18.2 Å². The molecule has 3 unspecified atom stereocenters. The Hall–Kier alpha value is -2.32. The Labute approximate surface area is 163 Å². The molecule has 4 rings (SSSR count). The third kappa shape index (κ3) is 3.66. The van der Waals surface area contributed by atoms with Crippen LogP contribution in [0.3, 0.4) is 0 Å². The minimum atomic E-state index is -1.04. The van der Waals surface area contributed by atoms with Gasteiger partial charge in [0, 0.05) is 37.7 Å². The van der Waals surface area contributed by atoms with Gasteiger partial charge in [0.1, 0.15) is 12.2 Å². The normalized spacial score (nSPS) is 28.9. The Morgan fingerprint density at radius 2 is 2.04 bits per heavy atom. The van der Waals surface area contributed by atoms with Crippen LogP contribution in [-0.4, -0.2) is 58.9 Å². The standard InChI is InChI=1S/C20H25FN4O3/c21-15-11-24(7-1-2-16(15)22)9-12-3-4-13-10-25(20(28)14(13)8-12)17-5-6-18(26)23-19(17)27/h3-4,8,15-17H,1-2,5-7,9-11,22H2,(H,23,26,27). The fraction of sp³-hybridized carbons (Fsp3) is 0.550. The van der Waals surface area contributed by atoms with E-state index in [9.17, 15) is 18.8 Å². The lowest BCUT2D eigenvalue weighted by atomic mass is 10.0. The van der Waals surface area contributed by atoms with E-state index in [1.807, 2.05) is 23.1 Å². The number of alkyl halides is 1. The Bertz CT molecular complexity index is 815. The summed E-state index contributed by atoms with van der Waals surface area (Å²) in [4.78, 5) is 40.0. The number of fused-ring (bicyclic) bond motifs is 1. The number of carbonyl (C=O) groups excluding carboxylic acids is 3. The first-order valence-corrected chi connectivity index (χ1v) is 9.81. The summed E-state index contributed by atoms with van der Waals surface area (Å²) in [6.45, 7) is 2.01. The van der Waals surface area contributed by atoms with Gasteiger partial charge in [0.15, 0.2) is 0 Å². The molecule has 3 aliphatic rings. The maximum absolute atomic E-state index is 14.1. The molecular formula is C20H25FN4O3. The summed E-state index contributed by atoms with van der Waals surface area (Å²) in [6.07, 6.45) is 1.09. The van der Waals surface area contributed by atoms with Crippen LogP contribution < -0.4 is 11.1 Å². The number of nitrogens with one attached hydrogen (secondary N) is 1. The van der Waals surface area contributed by atoms with Crippen molar-refractivity contribution in [2.24, 2.45) is 5.73 Å². The van der Waals surface area contributed by atoms with Crippen molar-refractivity contribution in [1.82, 2.24) is 15.1 Å². The second-order valence-corrected chi connectivity index (χ2v) is 7.95. The molecule has 0 bridgehead atoms. The van der Waals surface area contributed by atoms with E-state index >= 15 is 0 Å². The number of halogens is 1. The maximum atomic E-state index is 14.1. The molecule has 3 atom stereocenters. The third-order valence-electron chi connectivity index (χ3n) is 5.91. The number of nitrogens with two attached hydrogens (primary N) is 1. The summed E-state index contributed by atoms with van der Waals surface area (Å²) in [7, 11) is 0. The minimum Gasteiger partial charge on any atom is -0.325 e. The Balaban J connectivity index is 1.47. The number of amides is 3. The molecule has 0 aromatic heterocycles. The van der Waals surface area contributed by atoms with E-state index < -0.39 is 24.2 Å². The Kier molecular flexibility index (Phi) is 5.16. The first-order valence-electron chi connectivity index (χ1n) is 9.81. The highest BCUT2D eigenvalue weighted by Crippen LogP contribution is 2.28. The second-order valence-electron chi connectivity index (χ2n) is 7.95. The van der Waals surface area contributed by atoms with Gasteiger partial charge in [-0.25, -0.2) is 4.39 Å². The largest absolute Gasteiger partial charge is 0.325 e. The molecule has 7 nitrogen and oxygen atoms in total. The van der Waals surface area contributed by atoms with Gasteiger partial charge in [-0.2, -0.15) is 0 Å². The van der Waals surface area contributed by atoms with Gasteiger partial charge in [0.2, 0.25) is 11.8 Å². The average Bonchev–Trinajstić information content (AvgIpc) is 2.88. The van der Waals surface area contributed by atoms with E-state index in [4.69, 9.17) is 5.73 Å². The fourth-order valence-electron chi connectivity index (χ4n) is 4.31. The van der Waals surface area contributed by atoms with E-state index in [-0.39, 0.29) is 18.2 Å². The van der Waals surface area contributed by atoms with Crippen molar-refractivity contribution in [2.45, 2.75) is 57.0 Å². The number of hydrogen-bond acceptors (Lipinski definition) is 5. The number of hydrogen-bond donors (Lipinski definition) is 2. The van der Waals surface area contributed by atoms with Gasteiger partial charge < -0.3 is 10.6 Å². The van der Waals surface area contributed by atoms with Crippen molar-refractivity contribution < 1.29 is 18.8 Å². The highest BCUT2D eigenvalue weighted by atomic mass is 19.1. The first kappa shape index (κ1) is 19.0. The first-order chi connectivity index (χ1) is 13.4. The van der Waals surface area contributed by atoms with E-state index in [1.54, 1.807) is 4.90 Å². The number of carbonyl (C=O) groups is 3. The molecule has 1 aromatic rings. The van der Waals surface area contributed by atoms with Crippen molar-refractivity contribution in [3.05, 3.63) is 34.9 Å². The molecule has 2 saturated heterocycles. The van der Waals surface area contributed by atoms with E-state index in [1.165, 1.54) is 0 Å². The van der Waals surface area contributed by atoms with Crippen LogP contribution in [0.2, 0.25) is 0 Å². The van der Waals surface area contributed by atoms with Crippen LogP contribution in [-0.2, 0) is 22.7 Å². The lowest BCUT2D eigenvalue weighted by Crippen LogP contribution is -2.52. The maximum Gasteiger partial charge on any atom is 0.255 e. The molecule has 1 aromatic carbocycles. The summed E-state index contributed by atoms with van der Waals surface area (Å²) in [5.41, 5.74) is 8.23. The van der Waals surface area contributed by atoms with Crippen LogP contribution in [0.5, 0.6) is 0 Å². The van der Waals surface area contributed by atoms with E-state index in [0.717, 1.165) is 24.1 Å². The lowest BCUT2D eigenvalue weighted by molar-refractivity contribution is -0.136. The third-order valence-corrected chi connectivity index (χ3v) is 5.91. The van der Waals surface area contributed by atoms with Crippen molar-refractivity contribution in [1.29, 1.82) is 0 Å². The molecular weight excluding hydrogens is 363 g/mol. The van der Waals surface area contributed by atoms with E-state index in [2.05, 4.69) is 5.32 Å². The van der Waals surface area contributed by atoms with E-state index in [0.29, 0.717) is 38.0 Å². The summed E-state index contributed by atoms with van der Waals surface area (Å²) < 4.78 is 14.1. The topological polar surface area (TPSA) is 95.7 Å². The summed E-state index contributed by atoms with van der Waals surface area (Å²) in [6, 6.07) is 4.69. The lowest BCUT2D eigenvalue weighted by Gasteiger charge is -2.29. The van der Waals surface area contributed by atoms with Crippen molar-refractivity contribution in [2.75, 3.05) is 13.1 Å².